The van der Waals surface area contributed by atoms with Crippen molar-refractivity contribution in [3.8, 4) is 0 Å². The maximum atomic E-state index is 4.38. The van der Waals surface area contributed by atoms with E-state index >= 15 is 0 Å². The van der Waals surface area contributed by atoms with Gasteiger partial charge in [0.15, 0.2) is 17.6 Å². The van der Waals surface area contributed by atoms with Crippen LogP contribution in [-0.2, 0) is 0 Å². The smallest absolute Gasteiger partial charge is 0.173 e. The average Bonchev–Trinajstić information content (AvgIpc) is 2.94. The highest BCUT2D eigenvalue weighted by Crippen LogP contribution is 2.32. The SMILES string of the molecule is c1n[nH]c2c1NC(c1nc3[nH]ncc3[nH]1)N2. The molecule has 3 aromatic rings. The highest BCUT2D eigenvalue weighted by atomic mass is 15.3. The number of fused-ring (bicyclic) bond motifs is 2. The summed E-state index contributed by atoms with van der Waals surface area (Å²) in [6, 6.07) is 0. The molecule has 1 aliphatic heterocycles. The zero-order chi connectivity index (χ0) is 10.5. The van der Waals surface area contributed by atoms with Crippen LogP contribution < -0.4 is 10.6 Å². The van der Waals surface area contributed by atoms with Gasteiger partial charge < -0.3 is 15.6 Å². The molecule has 0 bridgehead atoms. The molecular formula is C8H8N8. The van der Waals surface area contributed by atoms with Gasteiger partial charge in [0, 0.05) is 0 Å². The second-order valence-electron chi connectivity index (χ2n) is 3.63. The summed E-state index contributed by atoms with van der Waals surface area (Å²) in [5.41, 5.74) is 2.60. The Labute approximate surface area is 88.9 Å². The molecule has 0 aromatic carbocycles. The lowest BCUT2D eigenvalue weighted by atomic mass is 10.5. The summed E-state index contributed by atoms with van der Waals surface area (Å²) in [5, 5.41) is 19.9. The molecule has 1 aliphatic rings. The molecule has 0 fully saturated rings. The first kappa shape index (κ1) is 7.74. The Hall–Kier alpha value is -2.51. The fraction of sp³-hybridized carbons (Fsp3) is 0.125. The molecule has 0 amide bonds. The first-order valence-corrected chi connectivity index (χ1v) is 4.85. The summed E-state index contributed by atoms with van der Waals surface area (Å²) in [7, 11) is 0. The lowest BCUT2D eigenvalue weighted by molar-refractivity contribution is 0.842. The Morgan fingerprint density at radius 3 is 2.88 bits per heavy atom. The number of hydrogen-bond acceptors (Lipinski definition) is 5. The van der Waals surface area contributed by atoms with Gasteiger partial charge in [-0.2, -0.15) is 10.2 Å². The average molecular weight is 216 g/mol. The number of anilines is 2. The van der Waals surface area contributed by atoms with Crippen LogP contribution in [0.2, 0.25) is 0 Å². The molecule has 80 valence electrons. The van der Waals surface area contributed by atoms with Crippen molar-refractivity contribution < 1.29 is 0 Å². The quantitative estimate of drug-likeness (QED) is 0.408. The number of nitrogens with one attached hydrogen (secondary N) is 5. The van der Waals surface area contributed by atoms with E-state index in [9.17, 15) is 0 Å². The number of rotatable bonds is 1. The summed E-state index contributed by atoms with van der Waals surface area (Å²) in [5.74, 6) is 1.69. The van der Waals surface area contributed by atoms with Crippen molar-refractivity contribution in [1.29, 1.82) is 0 Å². The fourth-order valence-corrected chi connectivity index (χ4v) is 1.86. The van der Waals surface area contributed by atoms with Crippen LogP contribution in [0.5, 0.6) is 0 Å². The van der Waals surface area contributed by atoms with Crippen molar-refractivity contribution in [2.45, 2.75) is 6.17 Å². The van der Waals surface area contributed by atoms with E-state index in [2.05, 4.69) is 41.0 Å². The van der Waals surface area contributed by atoms with Gasteiger partial charge in [0.05, 0.1) is 18.1 Å². The monoisotopic (exact) mass is 216 g/mol. The fourth-order valence-electron chi connectivity index (χ4n) is 1.86. The van der Waals surface area contributed by atoms with E-state index < -0.39 is 0 Å². The van der Waals surface area contributed by atoms with Gasteiger partial charge in [-0.05, 0) is 0 Å². The minimum Gasteiger partial charge on any atom is -0.355 e. The highest BCUT2D eigenvalue weighted by molar-refractivity contribution is 5.72. The van der Waals surface area contributed by atoms with E-state index in [-0.39, 0.29) is 6.17 Å². The molecule has 4 rings (SSSR count). The molecule has 16 heavy (non-hydrogen) atoms. The van der Waals surface area contributed by atoms with E-state index in [0.717, 1.165) is 28.5 Å². The van der Waals surface area contributed by atoms with Crippen LogP contribution in [0.4, 0.5) is 11.5 Å². The highest BCUT2D eigenvalue weighted by Gasteiger charge is 2.25. The van der Waals surface area contributed by atoms with E-state index in [1.165, 1.54) is 0 Å². The van der Waals surface area contributed by atoms with Crippen molar-refractivity contribution in [3.05, 3.63) is 18.2 Å². The van der Waals surface area contributed by atoms with Crippen molar-refractivity contribution in [2.24, 2.45) is 0 Å². The molecule has 0 saturated heterocycles. The van der Waals surface area contributed by atoms with Crippen molar-refractivity contribution in [2.75, 3.05) is 10.6 Å². The maximum absolute atomic E-state index is 4.38. The van der Waals surface area contributed by atoms with Crippen LogP contribution in [0.1, 0.15) is 12.0 Å². The third-order valence-corrected chi connectivity index (χ3v) is 2.62. The molecule has 5 N–H and O–H groups in total. The van der Waals surface area contributed by atoms with Gasteiger partial charge in [-0.3, -0.25) is 10.2 Å². The van der Waals surface area contributed by atoms with Gasteiger partial charge in [-0.15, -0.1) is 0 Å². The number of hydrogen-bond donors (Lipinski definition) is 5. The van der Waals surface area contributed by atoms with E-state index in [1.807, 2.05) is 0 Å². The van der Waals surface area contributed by atoms with Gasteiger partial charge in [-0.1, -0.05) is 0 Å². The molecule has 8 nitrogen and oxygen atoms in total. The van der Waals surface area contributed by atoms with Crippen LogP contribution >= 0.6 is 0 Å². The lowest BCUT2D eigenvalue weighted by Gasteiger charge is -2.08. The number of aromatic amines is 3. The van der Waals surface area contributed by atoms with Crippen molar-refractivity contribution in [1.82, 2.24) is 30.4 Å². The second-order valence-corrected chi connectivity index (χ2v) is 3.63. The normalized spacial score (nSPS) is 18.4. The zero-order valence-corrected chi connectivity index (χ0v) is 8.07. The summed E-state index contributed by atoms with van der Waals surface area (Å²) in [6.07, 6.45) is 3.38. The molecule has 0 radical (unpaired) electrons. The Kier molecular flexibility index (Phi) is 1.23. The largest absolute Gasteiger partial charge is 0.355 e. The predicted octanol–water partition coefficient (Wildman–Crippen LogP) is 0.545. The number of nitrogens with zero attached hydrogens (tertiary/aromatic N) is 3. The number of imidazole rings is 1. The van der Waals surface area contributed by atoms with E-state index in [0.29, 0.717) is 0 Å². The summed E-state index contributed by atoms with van der Waals surface area (Å²) < 4.78 is 0. The van der Waals surface area contributed by atoms with Gasteiger partial charge in [0.2, 0.25) is 0 Å². The Balaban J connectivity index is 1.73. The third-order valence-electron chi connectivity index (χ3n) is 2.62. The number of aromatic nitrogens is 6. The second kappa shape index (κ2) is 2.54. The molecule has 0 aliphatic carbocycles. The van der Waals surface area contributed by atoms with Crippen molar-refractivity contribution >= 4 is 22.7 Å². The minimum atomic E-state index is -0.0648. The Morgan fingerprint density at radius 1 is 1.06 bits per heavy atom. The summed E-state index contributed by atoms with van der Waals surface area (Å²) in [6.45, 7) is 0. The van der Waals surface area contributed by atoms with Crippen LogP contribution in [0.3, 0.4) is 0 Å². The molecule has 0 spiro atoms. The Bertz CT molecular complexity index is 597. The van der Waals surface area contributed by atoms with Gasteiger partial charge in [0.25, 0.3) is 0 Å². The summed E-state index contributed by atoms with van der Waals surface area (Å²) in [4.78, 5) is 7.56. The van der Waals surface area contributed by atoms with Crippen LogP contribution in [0, 0.1) is 0 Å². The van der Waals surface area contributed by atoms with Crippen molar-refractivity contribution in [3.63, 3.8) is 0 Å². The number of H-pyrrole nitrogens is 3. The third kappa shape index (κ3) is 0.900. The molecule has 4 heterocycles. The first-order chi connectivity index (χ1) is 7.90. The van der Waals surface area contributed by atoms with Gasteiger partial charge >= 0.3 is 0 Å². The first-order valence-electron chi connectivity index (χ1n) is 4.85. The molecule has 0 saturated carbocycles. The molecule has 1 unspecified atom stereocenters. The Morgan fingerprint density at radius 2 is 2.00 bits per heavy atom. The lowest BCUT2D eigenvalue weighted by Crippen LogP contribution is -2.14. The van der Waals surface area contributed by atoms with Gasteiger partial charge in [0.1, 0.15) is 11.3 Å². The molecule has 8 heteroatoms. The molecule has 3 aromatic heterocycles. The molecule has 1 atom stereocenters. The van der Waals surface area contributed by atoms with Crippen LogP contribution in [0.15, 0.2) is 12.4 Å². The maximum Gasteiger partial charge on any atom is 0.173 e. The van der Waals surface area contributed by atoms with Crippen LogP contribution in [-0.4, -0.2) is 30.4 Å². The predicted molar refractivity (Wildman–Crippen MR) is 56.8 cm³/mol. The van der Waals surface area contributed by atoms with Crippen LogP contribution in [0.25, 0.3) is 11.2 Å². The zero-order valence-electron chi connectivity index (χ0n) is 8.07. The van der Waals surface area contributed by atoms with E-state index in [1.54, 1.807) is 12.4 Å². The van der Waals surface area contributed by atoms with E-state index in [4.69, 9.17) is 0 Å². The topological polar surface area (TPSA) is 110 Å². The molecular weight excluding hydrogens is 208 g/mol. The van der Waals surface area contributed by atoms with Gasteiger partial charge in [-0.25, -0.2) is 4.98 Å². The summed E-state index contributed by atoms with van der Waals surface area (Å²) >= 11 is 0. The minimum absolute atomic E-state index is 0.0648. The standard InChI is InChI=1S/C8H8N8/c1-3-5(15-9-1)13-7(11-3)8-12-4-2-10-16-6(4)14-8/h1-2,7,11H,(H2,9,13,15)(H2,10,12,14,16).